The van der Waals surface area contributed by atoms with Crippen molar-refractivity contribution in [2.75, 3.05) is 0 Å². The topological polar surface area (TPSA) is 0 Å². The Morgan fingerprint density at radius 2 is 1.50 bits per heavy atom. The highest BCUT2D eigenvalue weighted by Crippen LogP contribution is 2.50. The molecule has 3 atom stereocenters. The van der Waals surface area contributed by atoms with E-state index >= 15 is 0 Å². The van der Waals surface area contributed by atoms with Gasteiger partial charge >= 0.3 is 0 Å². The summed E-state index contributed by atoms with van der Waals surface area (Å²) in [5.74, 6) is 2.80. The molecule has 0 aromatic rings. The van der Waals surface area contributed by atoms with Gasteiger partial charge in [0.05, 0.1) is 0 Å². The Kier molecular flexibility index (Phi) is 5.20. The highest BCUT2D eigenvalue weighted by atomic mass is 79.9. The molecule has 18 heavy (non-hydrogen) atoms. The zero-order valence-electron chi connectivity index (χ0n) is 12.6. The van der Waals surface area contributed by atoms with Crippen LogP contribution in [0.2, 0.25) is 0 Å². The van der Waals surface area contributed by atoms with Crippen LogP contribution < -0.4 is 0 Å². The number of halogens is 1. The number of alkyl halides is 1. The van der Waals surface area contributed by atoms with E-state index < -0.39 is 0 Å². The molecule has 0 aromatic heterocycles. The average molecular weight is 315 g/mol. The van der Waals surface area contributed by atoms with Crippen molar-refractivity contribution in [2.24, 2.45) is 23.2 Å². The van der Waals surface area contributed by atoms with Gasteiger partial charge in [-0.3, -0.25) is 0 Å². The van der Waals surface area contributed by atoms with E-state index in [1.807, 2.05) is 0 Å². The maximum absolute atomic E-state index is 4.02. The van der Waals surface area contributed by atoms with Gasteiger partial charge in [-0.15, -0.1) is 0 Å². The molecule has 0 heterocycles. The summed E-state index contributed by atoms with van der Waals surface area (Å²) in [7, 11) is 0. The van der Waals surface area contributed by atoms with Gasteiger partial charge in [0.2, 0.25) is 0 Å². The van der Waals surface area contributed by atoms with Gasteiger partial charge in [-0.1, -0.05) is 68.8 Å². The molecule has 0 spiro atoms. The van der Waals surface area contributed by atoms with Crippen molar-refractivity contribution in [3.05, 3.63) is 0 Å². The molecule has 0 saturated heterocycles. The van der Waals surface area contributed by atoms with Crippen LogP contribution in [0, 0.1) is 23.2 Å². The lowest BCUT2D eigenvalue weighted by Crippen LogP contribution is -2.40. The van der Waals surface area contributed by atoms with Gasteiger partial charge in [-0.2, -0.15) is 0 Å². The molecule has 2 fully saturated rings. The zero-order chi connectivity index (χ0) is 13.2. The molecular formula is C17H31Br. The van der Waals surface area contributed by atoms with Crippen LogP contribution in [0.4, 0.5) is 0 Å². The minimum absolute atomic E-state index is 0.540. The monoisotopic (exact) mass is 314 g/mol. The standard InChI is InChI=1S/C17H31Br/c1-13-10-11-15(16(18)12-13)17(2,3)14-8-6-4-5-7-9-14/h13-16H,4-12H2,1-3H3. The van der Waals surface area contributed by atoms with Crippen molar-refractivity contribution in [2.45, 2.75) is 83.4 Å². The second kappa shape index (κ2) is 6.29. The minimum atomic E-state index is 0.540. The van der Waals surface area contributed by atoms with E-state index in [0.717, 1.165) is 22.6 Å². The van der Waals surface area contributed by atoms with Crippen LogP contribution in [0.25, 0.3) is 0 Å². The Balaban J connectivity index is 2.03. The lowest BCUT2D eigenvalue weighted by atomic mass is 9.61. The summed E-state index contributed by atoms with van der Waals surface area (Å²) in [6, 6.07) is 0. The minimum Gasteiger partial charge on any atom is -0.0887 e. The van der Waals surface area contributed by atoms with Crippen LogP contribution in [-0.2, 0) is 0 Å². The first-order chi connectivity index (χ1) is 8.51. The fourth-order valence-corrected chi connectivity index (χ4v) is 6.06. The molecule has 2 aliphatic carbocycles. The first-order valence-corrected chi connectivity index (χ1v) is 9.07. The van der Waals surface area contributed by atoms with Crippen LogP contribution in [0.15, 0.2) is 0 Å². The maximum atomic E-state index is 4.02. The molecule has 0 amide bonds. The van der Waals surface area contributed by atoms with E-state index in [1.54, 1.807) is 0 Å². The molecule has 0 bridgehead atoms. The fraction of sp³-hybridized carbons (Fsp3) is 1.00. The number of hydrogen-bond acceptors (Lipinski definition) is 0. The highest BCUT2D eigenvalue weighted by Gasteiger charge is 2.42. The summed E-state index contributed by atoms with van der Waals surface area (Å²) >= 11 is 4.02. The third kappa shape index (κ3) is 3.32. The van der Waals surface area contributed by atoms with E-state index in [1.165, 1.54) is 57.8 Å². The molecule has 0 nitrogen and oxygen atoms in total. The van der Waals surface area contributed by atoms with E-state index in [4.69, 9.17) is 0 Å². The van der Waals surface area contributed by atoms with Crippen LogP contribution in [0.1, 0.15) is 78.6 Å². The summed E-state index contributed by atoms with van der Waals surface area (Å²) < 4.78 is 0. The lowest BCUT2D eigenvalue weighted by molar-refractivity contribution is 0.0689. The Bertz CT molecular complexity index is 250. The van der Waals surface area contributed by atoms with Crippen molar-refractivity contribution in [1.29, 1.82) is 0 Å². The summed E-state index contributed by atoms with van der Waals surface area (Å²) in [5.41, 5.74) is 0.540. The molecule has 3 unspecified atom stereocenters. The fourth-order valence-electron chi connectivity index (χ4n) is 4.48. The van der Waals surface area contributed by atoms with Gasteiger partial charge in [0.1, 0.15) is 0 Å². The smallest absolute Gasteiger partial charge is 0.0181 e. The summed E-state index contributed by atoms with van der Waals surface area (Å²) in [4.78, 5) is 0.763. The second-order valence-electron chi connectivity index (χ2n) is 7.55. The second-order valence-corrected chi connectivity index (χ2v) is 8.73. The van der Waals surface area contributed by atoms with E-state index in [2.05, 4.69) is 36.7 Å². The van der Waals surface area contributed by atoms with Crippen molar-refractivity contribution in [1.82, 2.24) is 0 Å². The van der Waals surface area contributed by atoms with Crippen molar-refractivity contribution in [3.63, 3.8) is 0 Å². The Morgan fingerprint density at radius 1 is 0.889 bits per heavy atom. The number of hydrogen-bond donors (Lipinski definition) is 0. The van der Waals surface area contributed by atoms with E-state index in [9.17, 15) is 0 Å². The van der Waals surface area contributed by atoms with Crippen molar-refractivity contribution in [3.8, 4) is 0 Å². The van der Waals surface area contributed by atoms with Crippen LogP contribution >= 0.6 is 15.9 Å². The third-order valence-electron chi connectivity index (χ3n) is 5.90. The predicted molar refractivity (Wildman–Crippen MR) is 84.2 cm³/mol. The van der Waals surface area contributed by atoms with Crippen molar-refractivity contribution < 1.29 is 0 Å². The number of rotatable bonds is 2. The zero-order valence-corrected chi connectivity index (χ0v) is 14.1. The maximum Gasteiger partial charge on any atom is 0.0181 e. The molecule has 1 heteroatoms. The average Bonchev–Trinajstić information content (AvgIpc) is 2.57. The summed E-state index contributed by atoms with van der Waals surface area (Å²) in [5, 5.41) is 0. The van der Waals surface area contributed by atoms with Gasteiger partial charge in [-0.25, -0.2) is 0 Å². The van der Waals surface area contributed by atoms with E-state index in [-0.39, 0.29) is 0 Å². The molecule has 0 N–H and O–H groups in total. The normalized spacial score (nSPS) is 36.3. The lowest BCUT2D eigenvalue weighted by Gasteiger charge is -2.46. The Morgan fingerprint density at radius 3 is 2.06 bits per heavy atom. The van der Waals surface area contributed by atoms with Gasteiger partial charge in [0.25, 0.3) is 0 Å². The van der Waals surface area contributed by atoms with Crippen molar-refractivity contribution >= 4 is 15.9 Å². The van der Waals surface area contributed by atoms with Gasteiger partial charge in [-0.05, 0) is 48.9 Å². The largest absolute Gasteiger partial charge is 0.0887 e. The van der Waals surface area contributed by atoms with Gasteiger partial charge in [0.15, 0.2) is 0 Å². The summed E-state index contributed by atoms with van der Waals surface area (Å²) in [6.07, 6.45) is 13.2. The SMILES string of the molecule is CC1CCC(C(C)(C)C2CCCCCC2)C(Br)C1. The predicted octanol–water partition coefficient (Wildman–Crippen LogP) is 6.18. The molecule has 106 valence electrons. The molecule has 0 aliphatic heterocycles. The van der Waals surface area contributed by atoms with Gasteiger partial charge < -0.3 is 0 Å². The molecule has 0 aromatic carbocycles. The molecular weight excluding hydrogens is 284 g/mol. The first kappa shape index (κ1) is 14.9. The Labute approximate surface area is 122 Å². The quantitative estimate of drug-likeness (QED) is 0.421. The van der Waals surface area contributed by atoms with Crippen LogP contribution in [-0.4, -0.2) is 4.83 Å². The molecule has 2 rings (SSSR count). The third-order valence-corrected chi connectivity index (χ3v) is 6.91. The summed E-state index contributed by atoms with van der Waals surface area (Å²) in [6.45, 7) is 7.55. The molecule has 2 aliphatic rings. The molecule has 2 saturated carbocycles. The first-order valence-electron chi connectivity index (χ1n) is 8.16. The molecule has 0 radical (unpaired) electrons. The highest BCUT2D eigenvalue weighted by molar-refractivity contribution is 9.09. The van der Waals surface area contributed by atoms with Crippen LogP contribution in [0.3, 0.4) is 0 Å². The Hall–Kier alpha value is 0.480. The van der Waals surface area contributed by atoms with E-state index in [0.29, 0.717) is 5.41 Å². The van der Waals surface area contributed by atoms with Crippen LogP contribution in [0.5, 0.6) is 0 Å². The van der Waals surface area contributed by atoms with Gasteiger partial charge in [0, 0.05) is 4.83 Å².